The van der Waals surface area contributed by atoms with Gasteiger partial charge in [0.15, 0.2) is 0 Å². The molecule has 0 radical (unpaired) electrons. The van der Waals surface area contributed by atoms with E-state index in [0.717, 1.165) is 61.3 Å². The zero-order valence-corrected chi connectivity index (χ0v) is 33.9. The standard InChI is InChI=1S/C60H39NO/c1-2-15-40(16-3-1)41-29-31-42(32-30-41)49-21-10-12-26-56(49)61(47-35-33-43(34-36-47)54-38-46-19-6-7-20-48(46)50-22-8-9-23-51(50)54)57-27-13-11-24-52(57)53-25-14-28-58-60(53)55-37-44-17-4-5-18-45(44)39-59(55)62-58/h1-39H. The number of furan rings is 1. The first kappa shape index (κ1) is 35.7. The minimum Gasteiger partial charge on any atom is -0.456 e. The molecule has 0 saturated heterocycles. The second-order valence-corrected chi connectivity index (χ2v) is 16.0. The molecule has 1 heterocycles. The van der Waals surface area contributed by atoms with Gasteiger partial charge in [-0.2, -0.15) is 0 Å². The molecule has 2 nitrogen and oxygen atoms in total. The second-order valence-electron chi connectivity index (χ2n) is 16.0. The Bertz CT molecular complexity index is 3620. The molecule has 62 heavy (non-hydrogen) atoms. The Kier molecular flexibility index (Phi) is 8.53. The summed E-state index contributed by atoms with van der Waals surface area (Å²) in [5, 5.41) is 9.61. The first-order chi connectivity index (χ1) is 30.7. The van der Waals surface area contributed by atoms with Gasteiger partial charge in [-0.05, 0) is 114 Å². The maximum Gasteiger partial charge on any atom is 0.136 e. The highest BCUT2D eigenvalue weighted by atomic mass is 16.3. The van der Waals surface area contributed by atoms with E-state index in [1.54, 1.807) is 0 Å². The molecule has 0 spiro atoms. The third-order valence-electron chi connectivity index (χ3n) is 12.5. The smallest absolute Gasteiger partial charge is 0.136 e. The van der Waals surface area contributed by atoms with Crippen LogP contribution in [0.4, 0.5) is 17.1 Å². The predicted octanol–water partition coefficient (Wildman–Crippen LogP) is 17.2. The van der Waals surface area contributed by atoms with Crippen LogP contribution in [0.15, 0.2) is 241 Å². The van der Waals surface area contributed by atoms with Crippen molar-refractivity contribution in [3.8, 4) is 44.5 Å². The molecule has 2 heteroatoms. The van der Waals surface area contributed by atoms with Crippen molar-refractivity contribution in [2.45, 2.75) is 0 Å². The van der Waals surface area contributed by atoms with Crippen LogP contribution in [0.3, 0.4) is 0 Å². The van der Waals surface area contributed by atoms with Crippen LogP contribution in [0.5, 0.6) is 0 Å². The van der Waals surface area contributed by atoms with Crippen molar-refractivity contribution >= 4 is 71.3 Å². The van der Waals surface area contributed by atoms with E-state index >= 15 is 0 Å². The van der Waals surface area contributed by atoms with Crippen molar-refractivity contribution in [2.75, 3.05) is 4.90 Å². The van der Waals surface area contributed by atoms with E-state index in [1.807, 2.05) is 0 Å². The maximum absolute atomic E-state index is 6.61. The summed E-state index contributed by atoms with van der Waals surface area (Å²) in [6.07, 6.45) is 0. The van der Waals surface area contributed by atoms with Gasteiger partial charge in [-0.25, -0.2) is 0 Å². The number of hydrogen-bond donors (Lipinski definition) is 0. The van der Waals surface area contributed by atoms with Crippen molar-refractivity contribution in [3.05, 3.63) is 237 Å². The van der Waals surface area contributed by atoms with E-state index in [2.05, 4.69) is 241 Å². The van der Waals surface area contributed by atoms with E-state index in [4.69, 9.17) is 4.42 Å². The van der Waals surface area contributed by atoms with E-state index in [0.29, 0.717) is 0 Å². The Morgan fingerprint density at radius 2 is 0.806 bits per heavy atom. The first-order valence-corrected chi connectivity index (χ1v) is 21.2. The minimum atomic E-state index is 0.875. The van der Waals surface area contributed by atoms with Gasteiger partial charge in [0.1, 0.15) is 11.2 Å². The highest BCUT2D eigenvalue weighted by Gasteiger charge is 2.23. The zero-order valence-electron chi connectivity index (χ0n) is 33.9. The lowest BCUT2D eigenvalue weighted by Crippen LogP contribution is -2.12. The van der Waals surface area contributed by atoms with Crippen LogP contribution in [0.2, 0.25) is 0 Å². The second kappa shape index (κ2) is 14.8. The molecule has 290 valence electrons. The number of para-hydroxylation sites is 2. The molecule has 0 fully saturated rings. The fourth-order valence-electron chi connectivity index (χ4n) is 9.51. The summed E-state index contributed by atoms with van der Waals surface area (Å²) in [5.74, 6) is 0. The van der Waals surface area contributed by atoms with E-state index in [1.165, 1.54) is 54.6 Å². The molecule has 0 aliphatic carbocycles. The van der Waals surface area contributed by atoms with E-state index in [9.17, 15) is 0 Å². The molecular weight excluding hydrogens is 751 g/mol. The molecule has 0 atom stereocenters. The maximum atomic E-state index is 6.61. The number of hydrogen-bond acceptors (Lipinski definition) is 2. The number of rotatable bonds is 7. The molecule has 11 aromatic carbocycles. The highest BCUT2D eigenvalue weighted by Crippen LogP contribution is 2.48. The van der Waals surface area contributed by atoms with Crippen LogP contribution >= 0.6 is 0 Å². The van der Waals surface area contributed by atoms with Crippen LogP contribution in [0.1, 0.15) is 0 Å². The molecule has 0 N–H and O–H groups in total. The third kappa shape index (κ3) is 6.04. The lowest BCUT2D eigenvalue weighted by Gasteiger charge is -2.30. The monoisotopic (exact) mass is 789 g/mol. The van der Waals surface area contributed by atoms with E-state index in [-0.39, 0.29) is 0 Å². The van der Waals surface area contributed by atoms with Gasteiger partial charge in [0, 0.05) is 27.6 Å². The summed E-state index contributed by atoms with van der Waals surface area (Å²) >= 11 is 0. The molecule has 0 saturated carbocycles. The Hall–Kier alpha value is -8.20. The fourth-order valence-corrected chi connectivity index (χ4v) is 9.51. The highest BCUT2D eigenvalue weighted by molar-refractivity contribution is 6.17. The van der Waals surface area contributed by atoms with Crippen molar-refractivity contribution < 1.29 is 4.42 Å². The Balaban J connectivity index is 1.06. The number of benzene rings is 11. The average molecular weight is 790 g/mol. The molecule has 0 aliphatic rings. The van der Waals surface area contributed by atoms with Crippen LogP contribution in [0, 0.1) is 0 Å². The molecule has 0 aliphatic heterocycles. The number of anilines is 3. The number of nitrogens with zero attached hydrogens (tertiary/aromatic N) is 1. The first-order valence-electron chi connectivity index (χ1n) is 21.2. The van der Waals surface area contributed by atoms with Crippen molar-refractivity contribution in [1.82, 2.24) is 0 Å². The molecule has 1 aromatic heterocycles. The van der Waals surface area contributed by atoms with E-state index < -0.39 is 0 Å². The molecular formula is C60H39NO. The molecule has 0 unspecified atom stereocenters. The lowest BCUT2D eigenvalue weighted by molar-refractivity contribution is 0.669. The summed E-state index contributed by atoms with van der Waals surface area (Å²) in [7, 11) is 0. The van der Waals surface area contributed by atoms with Crippen molar-refractivity contribution in [3.63, 3.8) is 0 Å². The zero-order chi connectivity index (χ0) is 41.0. The van der Waals surface area contributed by atoms with Crippen LogP contribution in [0.25, 0.3) is 98.8 Å². The summed E-state index contributed by atoms with van der Waals surface area (Å²) in [6, 6.07) is 85.5. The predicted molar refractivity (Wildman–Crippen MR) is 263 cm³/mol. The molecule has 12 rings (SSSR count). The van der Waals surface area contributed by atoms with Crippen molar-refractivity contribution in [1.29, 1.82) is 0 Å². The van der Waals surface area contributed by atoms with Crippen LogP contribution < -0.4 is 4.90 Å². The SMILES string of the molecule is c1ccc(-c2ccc(-c3ccccc3N(c3ccc(-c4cc5ccccc5c5ccccc45)cc3)c3ccccc3-c3cccc4oc5cc6ccccc6cc5c34)cc2)cc1. The molecule has 12 aromatic rings. The summed E-state index contributed by atoms with van der Waals surface area (Å²) in [6.45, 7) is 0. The van der Waals surface area contributed by atoms with Crippen molar-refractivity contribution in [2.24, 2.45) is 0 Å². The van der Waals surface area contributed by atoms with Gasteiger partial charge < -0.3 is 9.32 Å². The summed E-state index contributed by atoms with van der Waals surface area (Å²) < 4.78 is 6.61. The summed E-state index contributed by atoms with van der Waals surface area (Å²) in [5.41, 5.74) is 14.3. The van der Waals surface area contributed by atoms with Gasteiger partial charge in [-0.3, -0.25) is 0 Å². The Labute approximate surface area is 360 Å². The summed E-state index contributed by atoms with van der Waals surface area (Å²) in [4.78, 5) is 2.44. The van der Waals surface area contributed by atoms with Gasteiger partial charge in [-0.1, -0.05) is 188 Å². The largest absolute Gasteiger partial charge is 0.456 e. The van der Waals surface area contributed by atoms with Crippen LogP contribution in [-0.2, 0) is 0 Å². The number of fused-ring (bicyclic) bond motifs is 7. The molecule has 0 bridgehead atoms. The Morgan fingerprint density at radius 3 is 1.58 bits per heavy atom. The average Bonchev–Trinajstić information content (AvgIpc) is 3.71. The van der Waals surface area contributed by atoms with Gasteiger partial charge in [0.05, 0.1) is 11.4 Å². The molecule has 0 amide bonds. The fraction of sp³-hybridized carbons (Fsp3) is 0. The van der Waals surface area contributed by atoms with Gasteiger partial charge in [0.25, 0.3) is 0 Å². The topological polar surface area (TPSA) is 16.4 Å². The van der Waals surface area contributed by atoms with Gasteiger partial charge >= 0.3 is 0 Å². The van der Waals surface area contributed by atoms with Gasteiger partial charge in [-0.15, -0.1) is 0 Å². The normalized spacial score (nSPS) is 11.5. The Morgan fingerprint density at radius 1 is 0.274 bits per heavy atom. The van der Waals surface area contributed by atoms with Gasteiger partial charge in [0.2, 0.25) is 0 Å². The van der Waals surface area contributed by atoms with Crippen LogP contribution in [-0.4, -0.2) is 0 Å². The quantitative estimate of drug-likeness (QED) is 0.150. The third-order valence-corrected chi connectivity index (χ3v) is 12.5. The minimum absolute atomic E-state index is 0.875. The lowest BCUT2D eigenvalue weighted by atomic mass is 9.93.